The molecule has 2 N–H and O–H groups in total. The normalized spacial score (nSPS) is 23.3. The van der Waals surface area contributed by atoms with Gasteiger partial charge >= 0.3 is 5.97 Å². The van der Waals surface area contributed by atoms with Crippen LogP contribution in [0.25, 0.3) is 0 Å². The summed E-state index contributed by atoms with van der Waals surface area (Å²) in [5.74, 6) is -0.727. The predicted molar refractivity (Wildman–Crippen MR) is 101 cm³/mol. The summed E-state index contributed by atoms with van der Waals surface area (Å²) in [6, 6.07) is 6.03. The van der Waals surface area contributed by atoms with Crippen LogP contribution in [0.3, 0.4) is 0 Å². The highest BCUT2D eigenvalue weighted by Crippen LogP contribution is 2.37. The van der Waals surface area contributed by atoms with E-state index < -0.39 is 17.5 Å². The molecule has 1 saturated heterocycles. The summed E-state index contributed by atoms with van der Waals surface area (Å²) >= 11 is 0. The zero-order valence-corrected chi connectivity index (χ0v) is 16.3. The predicted octanol–water partition coefficient (Wildman–Crippen LogP) is 2.95. The number of aliphatic hydroxyl groups is 1. The molecule has 5 heteroatoms. The Balaban J connectivity index is 2.17. The first-order valence-electron chi connectivity index (χ1n) is 9.41. The second-order valence-corrected chi connectivity index (χ2v) is 8.12. The minimum absolute atomic E-state index is 0.0687. The van der Waals surface area contributed by atoms with Gasteiger partial charge < -0.3 is 15.1 Å². The van der Waals surface area contributed by atoms with Crippen LogP contribution < -0.4 is 0 Å². The number of piperidine rings is 1. The summed E-state index contributed by atoms with van der Waals surface area (Å²) in [4.78, 5) is 26.5. The first-order chi connectivity index (χ1) is 12.2. The molecule has 1 fully saturated rings. The van der Waals surface area contributed by atoms with E-state index in [9.17, 15) is 19.8 Å². The molecule has 1 aromatic carbocycles. The fourth-order valence-electron chi connectivity index (χ4n) is 3.67. The molecule has 0 saturated carbocycles. The minimum atomic E-state index is -1.26. The molecule has 1 aliphatic rings. The smallest absolute Gasteiger partial charge is 0.314 e. The van der Waals surface area contributed by atoms with Gasteiger partial charge in [-0.3, -0.25) is 9.59 Å². The van der Waals surface area contributed by atoms with Crippen LogP contribution in [0.2, 0.25) is 0 Å². The highest BCUT2D eigenvalue weighted by atomic mass is 16.4. The Hall–Kier alpha value is -1.88. The van der Waals surface area contributed by atoms with E-state index in [0.717, 1.165) is 16.7 Å². The van der Waals surface area contributed by atoms with Gasteiger partial charge in [-0.05, 0) is 50.2 Å². The van der Waals surface area contributed by atoms with Gasteiger partial charge in [0.2, 0.25) is 5.91 Å². The molecular weight excluding hydrogens is 330 g/mol. The number of aliphatic carboxylic acids is 1. The number of amides is 1. The molecule has 144 valence electrons. The van der Waals surface area contributed by atoms with Crippen LogP contribution in [0.1, 0.15) is 49.8 Å². The van der Waals surface area contributed by atoms with E-state index in [4.69, 9.17) is 0 Å². The molecule has 0 unspecified atom stereocenters. The van der Waals surface area contributed by atoms with Gasteiger partial charge in [-0.25, -0.2) is 0 Å². The number of likely N-dealkylation sites (tertiary alicyclic amines) is 1. The van der Waals surface area contributed by atoms with Gasteiger partial charge in [0.1, 0.15) is 5.41 Å². The number of carboxylic acid groups (broad SMARTS) is 1. The Morgan fingerprint density at radius 3 is 2.62 bits per heavy atom. The van der Waals surface area contributed by atoms with Gasteiger partial charge in [0.15, 0.2) is 0 Å². The van der Waals surface area contributed by atoms with E-state index in [-0.39, 0.29) is 18.9 Å². The number of carboxylic acids is 1. The number of carbonyl (C=O) groups excluding carboxylic acids is 1. The number of rotatable bonds is 6. The molecule has 1 aliphatic heterocycles. The van der Waals surface area contributed by atoms with E-state index in [2.05, 4.69) is 0 Å². The maximum absolute atomic E-state index is 12.8. The summed E-state index contributed by atoms with van der Waals surface area (Å²) in [5, 5.41) is 20.3. The summed E-state index contributed by atoms with van der Waals surface area (Å²) in [7, 11) is 0. The Kier molecular flexibility index (Phi) is 6.45. The second kappa shape index (κ2) is 8.21. The molecular formula is C21H31NO4. The standard InChI is InChI=1S/C21H31NO4/c1-14(2)7-9-21(20(25)26)13-22(10-8-18(21)23)19(24)12-17-11-15(3)5-6-16(17)4/h5-6,11,14,18,23H,7-10,12-13H2,1-4H3,(H,25,26)/t18-,21+/m0/s1. The third kappa shape index (κ3) is 4.44. The van der Waals surface area contributed by atoms with E-state index in [0.29, 0.717) is 31.7 Å². The number of carbonyl (C=O) groups is 2. The van der Waals surface area contributed by atoms with E-state index >= 15 is 0 Å². The highest BCUT2D eigenvalue weighted by molar-refractivity contribution is 5.82. The lowest BCUT2D eigenvalue weighted by Gasteiger charge is -2.43. The van der Waals surface area contributed by atoms with Crippen LogP contribution in [0, 0.1) is 25.2 Å². The topological polar surface area (TPSA) is 77.8 Å². The van der Waals surface area contributed by atoms with Gasteiger partial charge in [-0.2, -0.15) is 0 Å². The second-order valence-electron chi connectivity index (χ2n) is 8.12. The summed E-state index contributed by atoms with van der Waals surface area (Å²) < 4.78 is 0. The van der Waals surface area contributed by atoms with Crippen LogP contribution in [-0.4, -0.2) is 46.2 Å². The van der Waals surface area contributed by atoms with Crippen LogP contribution >= 0.6 is 0 Å². The van der Waals surface area contributed by atoms with Crippen molar-refractivity contribution >= 4 is 11.9 Å². The SMILES string of the molecule is Cc1ccc(C)c(CC(=O)N2CC[C@H](O)[C@](CCC(C)C)(C(=O)O)C2)c1. The fourth-order valence-corrected chi connectivity index (χ4v) is 3.67. The van der Waals surface area contributed by atoms with E-state index in [1.807, 2.05) is 45.9 Å². The van der Waals surface area contributed by atoms with Gasteiger partial charge in [-0.1, -0.05) is 37.6 Å². The number of benzene rings is 1. The summed E-state index contributed by atoms with van der Waals surface area (Å²) in [5.41, 5.74) is 1.87. The van der Waals surface area contributed by atoms with Crippen LogP contribution in [0.5, 0.6) is 0 Å². The zero-order valence-electron chi connectivity index (χ0n) is 16.3. The van der Waals surface area contributed by atoms with Crippen molar-refractivity contribution in [3.05, 3.63) is 34.9 Å². The molecule has 2 atom stereocenters. The van der Waals surface area contributed by atoms with Crippen molar-refractivity contribution in [3.8, 4) is 0 Å². The van der Waals surface area contributed by atoms with E-state index in [1.165, 1.54) is 0 Å². The highest BCUT2D eigenvalue weighted by Gasteiger charge is 2.49. The van der Waals surface area contributed by atoms with Crippen molar-refractivity contribution in [2.45, 2.75) is 59.5 Å². The molecule has 0 spiro atoms. The maximum Gasteiger partial charge on any atom is 0.314 e. The quantitative estimate of drug-likeness (QED) is 0.817. The lowest BCUT2D eigenvalue weighted by molar-refractivity contribution is -0.167. The maximum atomic E-state index is 12.8. The van der Waals surface area contributed by atoms with Gasteiger partial charge in [0, 0.05) is 13.1 Å². The monoisotopic (exact) mass is 361 g/mol. The molecule has 0 aliphatic carbocycles. The van der Waals surface area contributed by atoms with Crippen LogP contribution in [-0.2, 0) is 16.0 Å². The van der Waals surface area contributed by atoms with Crippen molar-refractivity contribution in [1.29, 1.82) is 0 Å². The van der Waals surface area contributed by atoms with Crippen molar-refractivity contribution in [2.75, 3.05) is 13.1 Å². The molecule has 2 rings (SSSR count). The number of hydrogen-bond donors (Lipinski definition) is 2. The number of aryl methyl sites for hydroxylation is 2. The minimum Gasteiger partial charge on any atom is -0.481 e. The Bertz CT molecular complexity index is 670. The lowest BCUT2D eigenvalue weighted by Crippen LogP contribution is -2.57. The summed E-state index contributed by atoms with van der Waals surface area (Å²) in [6.07, 6.45) is 0.756. The lowest BCUT2D eigenvalue weighted by atomic mass is 9.72. The Morgan fingerprint density at radius 2 is 2.00 bits per heavy atom. The Labute approximate surface area is 156 Å². The van der Waals surface area contributed by atoms with Crippen LogP contribution in [0.15, 0.2) is 18.2 Å². The molecule has 0 radical (unpaired) electrons. The first kappa shape index (κ1) is 20.4. The molecule has 0 aromatic heterocycles. The third-order valence-corrected chi connectivity index (χ3v) is 5.58. The third-order valence-electron chi connectivity index (χ3n) is 5.58. The molecule has 1 heterocycles. The van der Waals surface area contributed by atoms with Gasteiger partial charge in [-0.15, -0.1) is 0 Å². The number of aliphatic hydroxyl groups excluding tert-OH is 1. The first-order valence-corrected chi connectivity index (χ1v) is 9.41. The van der Waals surface area contributed by atoms with Crippen molar-refractivity contribution in [1.82, 2.24) is 4.90 Å². The average Bonchev–Trinajstić information content (AvgIpc) is 2.57. The molecule has 26 heavy (non-hydrogen) atoms. The van der Waals surface area contributed by atoms with Crippen molar-refractivity contribution < 1.29 is 19.8 Å². The molecule has 5 nitrogen and oxygen atoms in total. The number of hydrogen-bond acceptors (Lipinski definition) is 3. The molecule has 0 bridgehead atoms. The van der Waals surface area contributed by atoms with Crippen LogP contribution in [0.4, 0.5) is 0 Å². The van der Waals surface area contributed by atoms with Crippen molar-refractivity contribution in [3.63, 3.8) is 0 Å². The Morgan fingerprint density at radius 1 is 1.31 bits per heavy atom. The largest absolute Gasteiger partial charge is 0.481 e. The number of nitrogens with zero attached hydrogens (tertiary/aromatic N) is 1. The zero-order chi connectivity index (χ0) is 19.5. The van der Waals surface area contributed by atoms with E-state index in [1.54, 1.807) is 4.90 Å². The molecule has 1 aromatic rings. The fraction of sp³-hybridized carbons (Fsp3) is 0.619. The molecule has 1 amide bonds. The van der Waals surface area contributed by atoms with Crippen molar-refractivity contribution in [2.24, 2.45) is 11.3 Å². The summed E-state index contributed by atoms with van der Waals surface area (Å²) in [6.45, 7) is 8.53. The average molecular weight is 361 g/mol. The van der Waals surface area contributed by atoms with Gasteiger partial charge in [0.25, 0.3) is 0 Å². The van der Waals surface area contributed by atoms with Gasteiger partial charge in [0.05, 0.1) is 12.5 Å².